The van der Waals surface area contributed by atoms with Crippen molar-refractivity contribution < 1.29 is 13.9 Å². The molecule has 5 nitrogen and oxygen atoms in total. The van der Waals surface area contributed by atoms with Gasteiger partial charge < -0.3 is 14.5 Å². The second-order valence-corrected chi connectivity index (χ2v) is 5.09. The number of nitrogens with zero attached hydrogens (tertiary/aromatic N) is 1. The first-order valence-corrected chi connectivity index (χ1v) is 6.98. The van der Waals surface area contributed by atoms with Crippen LogP contribution in [0.4, 0.5) is 6.01 Å². The SMILES string of the molecule is CCOC(=O)c1coc(NCc2ccc(CC)s2)n1. The van der Waals surface area contributed by atoms with Crippen LogP contribution in [0, 0.1) is 0 Å². The summed E-state index contributed by atoms with van der Waals surface area (Å²) in [6.45, 7) is 4.83. The van der Waals surface area contributed by atoms with Crippen LogP contribution in [0.25, 0.3) is 0 Å². The Bertz CT molecular complexity index is 548. The van der Waals surface area contributed by atoms with Gasteiger partial charge in [0, 0.05) is 9.75 Å². The minimum Gasteiger partial charge on any atom is -0.461 e. The zero-order chi connectivity index (χ0) is 13.7. The molecule has 0 unspecified atom stereocenters. The van der Waals surface area contributed by atoms with Crippen LogP contribution in [0.2, 0.25) is 0 Å². The Morgan fingerprint density at radius 3 is 2.89 bits per heavy atom. The zero-order valence-electron chi connectivity index (χ0n) is 10.9. The van der Waals surface area contributed by atoms with E-state index in [1.54, 1.807) is 18.3 Å². The molecule has 2 rings (SSSR count). The van der Waals surface area contributed by atoms with Gasteiger partial charge in [-0.2, -0.15) is 4.98 Å². The van der Waals surface area contributed by atoms with Crippen molar-refractivity contribution >= 4 is 23.3 Å². The lowest BCUT2D eigenvalue weighted by Gasteiger charge is -1.98. The molecule has 0 saturated heterocycles. The minimum absolute atomic E-state index is 0.185. The van der Waals surface area contributed by atoms with E-state index in [0.717, 1.165) is 6.42 Å². The Morgan fingerprint density at radius 1 is 1.42 bits per heavy atom. The van der Waals surface area contributed by atoms with E-state index >= 15 is 0 Å². The Kier molecular flexibility index (Phi) is 4.57. The first-order chi connectivity index (χ1) is 9.22. The zero-order valence-corrected chi connectivity index (χ0v) is 11.8. The molecule has 1 N–H and O–H groups in total. The first-order valence-electron chi connectivity index (χ1n) is 6.17. The highest BCUT2D eigenvalue weighted by Gasteiger charge is 2.12. The fourth-order valence-electron chi connectivity index (χ4n) is 1.52. The number of hydrogen-bond acceptors (Lipinski definition) is 6. The van der Waals surface area contributed by atoms with Crippen molar-refractivity contribution in [2.45, 2.75) is 26.8 Å². The van der Waals surface area contributed by atoms with E-state index in [1.807, 2.05) is 0 Å². The number of aromatic nitrogens is 1. The van der Waals surface area contributed by atoms with Gasteiger partial charge in [0.15, 0.2) is 5.69 Å². The van der Waals surface area contributed by atoms with Crippen LogP contribution in [-0.4, -0.2) is 17.6 Å². The van der Waals surface area contributed by atoms with Gasteiger partial charge >= 0.3 is 5.97 Å². The molecule has 0 aliphatic carbocycles. The number of rotatable bonds is 6. The van der Waals surface area contributed by atoms with Crippen LogP contribution < -0.4 is 5.32 Å². The molecule has 0 spiro atoms. The van der Waals surface area contributed by atoms with Gasteiger partial charge in [-0.15, -0.1) is 11.3 Å². The van der Waals surface area contributed by atoms with Gasteiger partial charge in [-0.1, -0.05) is 6.92 Å². The second-order valence-electron chi connectivity index (χ2n) is 3.83. The summed E-state index contributed by atoms with van der Waals surface area (Å²) in [7, 11) is 0. The highest BCUT2D eigenvalue weighted by atomic mass is 32.1. The lowest BCUT2D eigenvalue weighted by Crippen LogP contribution is -2.05. The van der Waals surface area contributed by atoms with Crippen LogP contribution in [-0.2, 0) is 17.7 Å². The van der Waals surface area contributed by atoms with Gasteiger partial charge in [-0.3, -0.25) is 0 Å². The number of anilines is 1. The molecule has 0 saturated carbocycles. The third kappa shape index (κ3) is 3.57. The molecule has 0 atom stereocenters. The second kappa shape index (κ2) is 6.38. The fraction of sp³-hybridized carbons (Fsp3) is 0.385. The monoisotopic (exact) mass is 280 g/mol. The van der Waals surface area contributed by atoms with E-state index < -0.39 is 5.97 Å². The van der Waals surface area contributed by atoms with Crippen molar-refractivity contribution in [3.63, 3.8) is 0 Å². The molecule has 0 fully saturated rings. The summed E-state index contributed by atoms with van der Waals surface area (Å²) >= 11 is 1.75. The summed E-state index contributed by atoms with van der Waals surface area (Å²) in [5.41, 5.74) is 0.185. The Morgan fingerprint density at radius 2 is 2.21 bits per heavy atom. The molecule has 102 valence electrons. The van der Waals surface area contributed by atoms with Crippen molar-refractivity contribution in [3.8, 4) is 0 Å². The number of aryl methyl sites for hydroxylation is 1. The molecule has 2 aromatic heterocycles. The maximum atomic E-state index is 11.4. The molecule has 0 aliphatic rings. The van der Waals surface area contributed by atoms with Gasteiger partial charge in [-0.05, 0) is 25.5 Å². The number of carbonyl (C=O) groups excluding carboxylic acids is 1. The summed E-state index contributed by atoms with van der Waals surface area (Å²) in [5, 5.41) is 3.04. The Hall–Kier alpha value is -1.82. The molecule has 0 radical (unpaired) electrons. The maximum Gasteiger partial charge on any atom is 0.360 e. The van der Waals surface area contributed by atoms with Crippen molar-refractivity contribution in [1.29, 1.82) is 0 Å². The lowest BCUT2D eigenvalue weighted by atomic mass is 10.4. The minimum atomic E-state index is -0.469. The lowest BCUT2D eigenvalue weighted by molar-refractivity contribution is 0.0519. The number of carbonyl (C=O) groups is 1. The summed E-state index contributed by atoms with van der Waals surface area (Å²) in [4.78, 5) is 18.0. The number of nitrogens with one attached hydrogen (secondary N) is 1. The number of oxazole rings is 1. The highest BCUT2D eigenvalue weighted by Crippen LogP contribution is 2.18. The molecule has 2 heterocycles. The van der Waals surface area contributed by atoms with Gasteiger partial charge in [-0.25, -0.2) is 4.79 Å². The molecule has 6 heteroatoms. The average molecular weight is 280 g/mol. The maximum absolute atomic E-state index is 11.4. The Labute approximate surface area is 115 Å². The number of thiophene rings is 1. The molecule has 0 bridgehead atoms. The Balaban J connectivity index is 1.91. The first kappa shape index (κ1) is 13.6. The highest BCUT2D eigenvalue weighted by molar-refractivity contribution is 7.12. The van der Waals surface area contributed by atoms with E-state index in [2.05, 4.69) is 29.4 Å². The third-order valence-electron chi connectivity index (χ3n) is 2.47. The third-order valence-corrected chi connectivity index (χ3v) is 3.70. The van der Waals surface area contributed by atoms with Gasteiger partial charge in [0.2, 0.25) is 0 Å². The summed E-state index contributed by atoms with van der Waals surface area (Å²) < 4.78 is 10.0. The van der Waals surface area contributed by atoms with Crippen molar-refractivity contribution in [3.05, 3.63) is 33.8 Å². The predicted octanol–water partition coefficient (Wildman–Crippen LogP) is 3.09. The number of ether oxygens (including phenoxy) is 1. The van der Waals surface area contributed by atoms with Crippen molar-refractivity contribution in [2.75, 3.05) is 11.9 Å². The van der Waals surface area contributed by atoms with Crippen LogP contribution in [0.15, 0.2) is 22.8 Å². The fourth-order valence-corrected chi connectivity index (χ4v) is 2.42. The largest absolute Gasteiger partial charge is 0.461 e. The van der Waals surface area contributed by atoms with E-state index in [1.165, 1.54) is 16.0 Å². The van der Waals surface area contributed by atoms with Crippen molar-refractivity contribution in [2.24, 2.45) is 0 Å². The molecule has 0 aromatic carbocycles. The topological polar surface area (TPSA) is 64.4 Å². The summed E-state index contributed by atoms with van der Waals surface area (Å²) in [6, 6.07) is 4.52. The van der Waals surface area contributed by atoms with Crippen LogP contribution in [0.1, 0.15) is 34.1 Å². The van der Waals surface area contributed by atoms with E-state index in [-0.39, 0.29) is 5.69 Å². The number of hydrogen-bond donors (Lipinski definition) is 1. The predicted molar refractivity (Wildman–Crippen MR) is 73.5 cm³/mol. The molecule has 2 aromatic rings. The summed E-state index contributed by atoms with van der Waals surface area (Å²) in [6.07, 6.45) is 2.34. The quantitative estimate of drug-likeness (QED) is 0.824. The number of esters is 1. The standard InChI is InChI=1S/C13H16N2O3S/c1-3-9-5-6-10(19-9)7-14-13-15-11(8-18-13)12(16)17-4-2/h5-6,8H,3-4,7H2,1-2H3,(H,14,15). The van der Waals surface area contributed by atoms with Crippen LogP contribution >= 0.6 is 11.3 Å². The molecule has 0 aliphatic heterocycles. The van der Waals surface area contributed by atoms with Crippen LogP contribution in [0.5, 0.6) is 0 Å². The van der Waals surface area contributed by atoms with Crippen LogP contribution in [0.3, 0.4) is 0 Å². The summed E-state index contributed by atoms with van der Waals surface area (Å²) in [5.74, 6) is -0.469. The normalized spacial score (nSPS) is 10.4. The van der Waals surface area contributed by atoms with Gasteiger partial charge in [0.1, 0.15) is 6.26 Å². The average Bonchev–Trinajstić information content (AvgIpc) is 3.06. The molecule has 0 amide bonds. The van der Waals surface area contributed by atoms with Crippen molar-refractivity contribution in [1.82, 2.24) is 4.98 Å². The van der Waals surface area contributed by atoms with Gasteiger partial charge in [0.25, 0.3) is 6.01 Å². The molecular weight excluding hydrogens is 264 g/mol. The molecule has 19 heavy (non-hydrogen) atoms. The van der Waals surface area contributed by atoms with E-state index in [0.29, 0.717) is 19.2 Å². The van der Waals surface area contributed by atoms with E-state index in [9.17, 15) is 4.79 Å². The van der Waals surface area contributed by atoms with Gasteiger partial charge in [0.05, 0.1) is 13.2 Å². The van der Waals surface area contributed by atoms with E-state index in [4.69, 9.17) is 9.15 Å². The smallest absolute Gasteiger partial charge is 0.360 e. The molecular formula is C13H16N2O3S.